The highest BCUT2D eigenvalue weighted by molar-refractivity contribution is 7.92. The number of carbonyl (C=O) groups is 1. The second-order valence-corrected chi connectivity index (χ2v) is 13.7. The SMILES string of the molecule is C=CS(=O)(=O)NCC1CCN(C(=O)c2ccc(C3C(CC4CNCCC4F)C(O)CN3c3ccc(C(F)(F)F)cc3)cc2)C1. The van der Waals surface area contributed by atoms with Crippen molar-refractivity contribution in [3.05, 3.63) is 77.2 Å². The van der Waals surface area contributed by atoms with Crippen LogP contribution >= 0.6 is 0 Å². The summed E-state index contributed by atoms with van der Waals surface area (Å²) in [6.45, 7) is 5.61. The van der Waals surface area contributed by atoms with Crippen LogP contribution in [-0.2, 0) is 16.2 Å². The number of hydrogen-bond donors (Lipinski definition) is 3. The Kier molecular flexibility index (Phi) is 9.69. The van der Waals surface area contributed by atoms with Gasteiger partial charge in [0, 0.05) is 61.2 Å². The Bertz CT molecular complexity index is 1420. The molecule has 2 aromatic carbocycles. The van der Waals surface area contributed by atoms with Crippen LogP contribution in [0.4, 0.5) is 23.2 Å². The van der Waals surface area contributed by atoms with Gasteiger partial charge in [-0.25, -0.2) is 17.5 Å². The van der Waals surface area contributed by atoms with Crippen LogP contribution in [0.25, 0.3) is 0 Å². The average Bonchev–Trinajstić information content (AvgIpc) is 3.61. The van der Waals surface area contributed by atoms with Gasteiger partial charge >= 0.3 is 6.18 Å². The second kappa shape index (κ2) is 13.2. The number of halogens is 4. The lowest BCUT2D eigenvalue weighted by atomic mass is 9.81. The van der Waals surface area contributed by atoms with E-state index < -0.39 is 40.1 Å². The second-order valence-electron chi connectivity index (χ2n) is 12.0. The Morgan fingerprint density at radius 1 is 1.09 bits per heavy atom. The molecule has 0 aromatic heterocycles. The van der Waals surface area contributed by atoms with Gasteiger partial charge in [-0.05, 0) is 73.7 Å². The molecule has 1 amide bonds. The predicted octanol–water partition coefficient (Wildman–Crippen LogP) is 4.11. The smallest absolute Gasteiger partial charge is 0.391 e. The summed E-state index contributed by atoms with van der Waals surface area (Å²) < 4.78 is 80.4. The number of rotatable bonds is 9. The summed E-state index contributed by atoms with van der Waals surface area (Å²) in [6, 6.07) is 11.3. The first-order valence-electron chi connectivity index (χ1n) is 14.8. The van der Waals surface area contributed by atoms with Crippen molar-refractivity contribution in [1.82, 2.24) is 14.9 Å². The first-order chi connectivity index (χ1) is 20.9. The number of piperidine rings is 1. The van der Waals surface area contributed by atoms with Crippen molar-refractivity contribution in [2.45, 2.75) is 43.8 Å². The lowest BCUT2D eigenvalue weighted by molar-refractivity contribution is -0.137. The molecule has 3 N–H and O–H groups in total. The van der Waals surface area contributed by atoms with Crippen LogP contribution in [-0.4, -0.2) is 75.9 Å². The third kappa shape index (κ3) is 7.27. The number of anilines is 1. The molecule has 0 bridgehead atoms. The number of sulfonamides is 1. The van der Waals surface area contributed by atoms with E-state index in [1.54, 1.807) is 29.2 Å². The summed E-state index contributed by atoms with van der Waals surface area (Å²) in [7, 11) is -3.55. The molecule has 0 aliphatic carbocycles. The minimum atomic E-state index is -4.48. The van der Waals surface area contributed by atoms with Crippen molar-refractivity contribution >= 4 is 21.6 Å². The monoisotopic (exact) mass is 638 g/mol. The van der Waals surface area contributed by atoms with Gasteiger partial charge in [-0.2, -0.15) is 13.2 Å². The zero-order chi connectivity index (χ0) is 31.6. The van der Waals surface area contributed by atoms with Gasteiger partial charge in [0.15, 0.2) is 0 Å². The Hall–Kier alpha value is -3.00. The van der Waals surface area contributed by atoms with Gasteiger partial charge in [0.1, 0.15) is 6.17 Å². The zero-order valence-corrected chi connectivity index (χ0v) is 25.0. The van der Waals surface area contributed by atoms with Crippen molar-refractivity contribution in [3.63, 3.8) is 0 Å². The van der Waals surface area contributed by atoms with Gasteiger partial charge in [0.25, 0.3) is 5.91 Å². The molecular formula is C31H38F4N4O4S. The number of likely N-dealkylation sites (tertiary alicyclic amines) is 1. The molecule has 6 atom stereocenters. The molecular weight excluding hydrogens is 600 g/mol. The Morgan fingerprint density at radius 3 is 2.43 bits per heavy atom. The largest absolute Gasteiger partial charge is 0.416 e. The number of amides is 1. The number of aliphatic hydroxyl groups excluding tert-OH is 1. The van der Waals surface area contributed by atoms with E-state index in [-0.39, 0.29) is 36.8 Å². The summed E-state index contributed by atoms with van der Waals surface area (Å²) in [5, 5.41) is 15.3. The van der Waals surface area contributed by atoms with Crippen LogP contribution in [0.2, 0.25) is 0 Å². The standard InChI is InChI=1S/C31H38F4N4O4S/c1-2-44(42,43)37-16-20-12-14-38(18-20)30(41)22-5-3-21(4-6-22)29-26(15-23-17-36-13-11-27(23)32)28(40)19-39(29)25-9-7-24(8-10-25)31(33,34)35/h2-10,20,23,26-29,36-37,40H,1,11-19H2. The van der Waals surface area contributed by atoms with E-state index in [1.807, 2.05) is 4.90 Å². The van der Waals surface area contributed by atoms with E-state index in [0.29, 0.717) is 56.7 Å². The molecule has 2 aromatic rings. The molecule has 0 spiro atoms. The number of β-amino-alcohol motifs (C(OH)–C–C–N with tert-alkyl or cyclic N) is 1. The summed E-state index contributed by atoms with van der Waals surface area (Å²) in [4.78, 5) is 16.8. The summed E-state index contributed by atoms with van der Waals surface area (Å²) in [5.74, 6) is -0.916. The third-order valence-electron chi connectivity index (χ3n) is 9.10. The zero-order valence-electron chi connectivity index (χ0n) is 24.2. The molecule has 240 valence electrons. The predicted molar refractivity (Wildman–Crippen MR) is 159 cm³/mol. The van der Waals surface area contributed by atoms with Crippen molar-refractivity contribution in [2.75, 3.05) is 44.2 Å². The molecule has 44 heavy (non-hydrogen) atoms. The van der Waals surface area contributed by atoms with Crippen molar-refractivity contribution in [3.8, 4) is 0 Å². The van der Waals surface area contributed by atoms with Gasteiger partial charge in [0.2, 0.25) is 10.0 Å². The summed E-state index contributed by atoms with van der Waals surface area (Å²) >= 11 is 0. The maximum atomic E-state index is 14.9. The maximum Gasteiger partial charge on any atom is 0.416 e. The fraction of sp³-hybridized carbons (Fsp3) is 0.516. The number of benzene rings is 2. The van der Waals surface area contributed by atoms with E-state index >= 15 is 0 Å². The van der Waals surface area contributed by atoms with Crippen molar-refractivity contribution in [1.29, 1.82) is 0 Å². The highest BCUT2D eigenvalue weighted by Crippen LogP contribution is 2.45. The van der Waals surface area contributed by atoms with E-state index in [9.17, 15) is 35.9 Å². The molecule has 3 heterocycles. The normalized spacial score (nSPS) is 27.9. The Morgan fingerprint density at radius 2 is 1.80 bits per heavy atom. The van der Waals surface area contributed by atoms with Crippen LogP contribution in [0.3, 0.4) is 0 Å². The third-order valence-corrected chi connectivity index (χ3v) is 10.1. The van der Waals surface area contributed by atoms with E-state index in [0.717, 1.165) is 23.1 Å². The quantitative estimate of drug-likeness (QED) is 0.358. The number of carbonyl (C=O) groups excluding carboxylic acids is 1. The highest BCUT2D eigenvalue weighted by Gasteiger charge is 2.44. The Balaban J connectivity index is 1.36. The minimum absolute atomic E-state index is 0.0282. The van der Waals surface area contributed by atoms with Crippen LogP contribution < -0.4 is 14.9 Å². The van der Waals surface area contributed by atoms with Crippen LogP contribution in [0, 0.1) is 17.8 Å². The molecule has 3 aliphatic heterocycles. The van der Waals surface area contributed by atoms with E-state index in [1.165, 1.54) is 12.1 Å². The first kappa shape index (κ1) is 32.4. The highest BCUT2D eigenvalue weighted by atomic mass is 32.2. The van der Waals surface area contributed by atoms with Gasteiger partial charge < -0.3 is 20.2 Å². The molecule has 0 radical (unpaired) electrons. The minimum Gasteiger partial charge on any atom is -0.391 e. The van der Waals surface area contributed by atoms with Crippen molar-refractivity contribution in [2.24, 2.45) is 17.8 Å². The number of aliphatic hydroxyl groups is 1. The molecule has 3 aliphatic rings. The molecule has 6 unspecified atom stereocenters. The molecule has 3 saturated heterocycles. The van der Waals surface area contributed by atoms with Gasteiger partial charge in [0.05, 0.1) is 17.7 Å². The molecule has 8 nitrogen and oxygen atoms in total. The number of nitrogens with zero attached hydrogens (tertiary/aromatic N) is 2. The van der Waals surface area contributed by atoms with Gasteiger partial charge in [-0.15, -0.1) is 0 Å². The Labute approximate surface area is 255 Å². The van der Waals surface area contributed by atoms with E-state index in [2.05, 4.69) is 16.6 Å². The lowest BCUT2D eigenvalue weighted by Crippen LogP contribution is -2.40. The summed E-state index contributed by atoms with van der Waals surface area (Å²) in [6.07, 6.45) is -4.90. The fourth-order valence-corrected chi connectivity index (χ4v) is 7.25. The topological polar surface area (TPSA) is 102 Å². The molecule has 0 saturated carbocycles. The summed E-state index contributed by atoms with van der Waals surface area (Å²) in [5.41, 5.74) is 0.948. The number of nitrogens with one attached hydrogen (secondary N) is 2. The van der Waals surface area contributed by atoms with Gasteiger partial charge in [-0.1, -0.05) is 18.7 Å². The number of alkyl halides is 4. The van der Waals surface area contributed by atoms with E-state index in [4.69, 9.17) is 0 Å². The number of hydrogen-bond acceptors (Lipinski definition) is 6. The van der Waals surface area contributed by atoms with Crippen LogP contribution in [0.5, 0.6) is 0 Å². The van der Waals surface area contributed by atoms with Crippen LogP contribution in [0.15, 0.2) is 60.5 Å². The van der Waals surface area contributed by atoms with Gasteiger partial charge in [-0.3, -0.25) is 4.79 Å². The van der Waals surface area contributed by atoms with Crippen molar-refractivity contribution < 1.29 is 35.9 Å². The maximum absolute atomic E-state index is 14.9. The average molecular weight is 639 g/mol. The van der Waals surface area contributed by atoms with Crippen LogP contribution in [0.1, 0.15) is 46.8 Å². The molecule has 3 fully saturated rings. The first-order valence-corrected chi connectivity index (χ1v) is 16.4. The fourth-order valence-electron chi connectivity index (χ4n) is 6.67. The lowest BCUT2D eigenvalue weighted by Gasteiger charge is -2.34. The molecule has 13 heteroatoms. The molecule has 5 rings (SSSR count).